The molecule has 1 amide bonds. The van der Waals surface area contributed by atoms with Crippen LogP contribution in [0.1, 0.15) is 26.7 Å². The molecular formula is C10H17NO3. The number of rotatable bonds is 3. The Labute approximate surface area is 83.9 Å². The highest BCUT2D eigenvalue weighted by atomic mass is 16.4. The maximum Gasteiger partial charge on any atom is 0.308 e. The van der Waals surface area contributed by atoms with Crippen molar-refractivity contribution in [3.63, 3.8) is 0 Å². The van der Waals surface area contributed by atoms with Crippen molar-refractivity contribution in [1.82, 2.24) is 4.90 Å². The number of hydrogen-bond acceptors (Lipinski definition) is 2. The Morgan fingerprint density at radius 1 is 1.71 bits per heavy atom. The molecule has 1 N–H and O–H groups in total. The average Bonchev–Trinajstić information content (AvgIpc) is 2.09. The minimum absolute atomic E-state index is 0.0943. The number of likely N-dealkylation sites (tertiary alicyclic amines) is 1. The lowest BCUT2D eigenvalue weighted by Gasteiger charge is -2.31. The molecule has 14 heavy (non-hydrogen) atoms. The Balaban J connectivity index is 2.45. The van der Waals surface area contributed by atoms with Gasteiger partial charge in [0.1, 0.15) is 0 Å². The quantitative estimate of drug-likeness (QED) is 0.736. The summed E-state index contributed by atoms with van der Waals surface area (Å²) in [7, 11) is 0. The third-order valence-electron chi connectivity index (χ3n) is 2.68. The van der Waals surface area contributed by atoms with Crippen molar-refractivity contribution in [3.05, 3.63) is 0 Å². The van der Waals surface area contributed by atoms with Gasteiger partial charge in [0.25, 0.3) is 0 Å². The van der Waals surface area contributed by atoms with E-state index in [1.165, 1.54) is 0 Å². The number of amides is 1. The summed E-state index contributed by atoms with van der Waals surface area (Å²) in [6, 6.07) is 0. The molecule has 0 radical (unpaired) electrons. The molecule has 1 fully saturated rings. The first-order valence-electron chi connectivity index (χ1n) is 5.01. The zero-order chi connectivity index (χ0) is 10.7. The van der Waals surface area contributed by atoms with Gasteiger partial charge in [-0.3, -0.25) is 9.59 Å². The molecule has 2 unspecified atom stereocenters. The normalized spacial score (nSPS) is 24.9. The van der Waals surface area contributed by atoms with Crippen LogP contribution in [0.25, 0.3) is 0 Å². The molecule has 1 aliphatic rings. The number of carbonyl (C=O) groups excluding carboxylic acids is 1. The van der Waals surface area contributed by atoms with Crippen molar-refractivity contribution in [2.75, 3.05) is 13.1 Å². The SMILES string of the molecule is CC1CCN(CC(C)C(=O)O)C(=O)C1. The van der Waals surface area contributed by atoms with E-state index in [1.807, 2.05) is 0 Å². The maximum absolute atomic E-state index is 11.5. The van der Waals surface area contributed by atoms with Gasteiger partial charge < -0.3 is 10.0 Å². The van der Waals surface area contributed by atoms with E-state index >= 15 is 0 Å². The Kier molecular flexibility index (Phi) is 3.49. The third-order valence-corrected chi connectivity index (χ3v) is 2.68. The van der Waals surface area contributed by atoms with E-state index in [4.69, 9.17) is 5.11 Å². The molecule has 0 bridgehead atoms. The van der Waals surface area contributed by atoms with Gasteiger partial charge >= 0.3 is 5.97 Å². The summed E-state index contributed by atoms with van der Waals surface area (Å²) in [6.07, 6.45) is 1.55. The molecule has 1 rings (SSSR count). The Bertz CT molecular complexity index is 240. The Hall–Kier alpha value is -1.06. The Morgan fingerprint density at radius 3 is 2.86 bits per heavy atom. The molecule has 1 aliphatic heterocycles. The first kappa shape index (κ1) is 11.0. The summed E-state index contributed by atoms with van der Waals surface area (Å²) in [5.74, 6) is -0.764. The van der Waals surface area contributed by atoms with Gasteiger partial charge in [0.05, 0.1) is 5.92 Å². The summed E-state index contributed by atoms with van der Waals surface area (Å²) in [5, 5.41) is 8.71. The van der Waals surface area contributed by atoms with Crippen LogP contribution in [0.4, 0.5) is 0 Å². The van der Waals surface area contributed by atoms with Crippen LogP contribution in [0.5, 0.6) is 0 Å². The van der Waals surface area contributed by atoms with Crippen LogP contribution < -0.4 is 0 Å². The van der Waals surface area contributed by atoms with Crippen LogP contribution in [0.3, 0.4) is 0 Å². The maximum atomic E-state index is 11.5. The van der Waals surface area contributed by atoms with Crippen LogP contribution in [0.2, 0.25) is 0 Å². The van der Waals surface area contributed by atoms with Gasteiger partial charge in [0, 0.05) is 19.5 Å². The molecule has 2 atom stereocenters. The zero-order valence-electron chi connectivity index (χ0n) is 8.69. The second-order valence-electron chi connectivity index (χ2n) is 4.18. The van der Waals surface area contributed by atoms with E-state index < -0.39 is 11.9 Å². The lowest BCUT2D eigenvalue weighted by Crippen LogP contribution is -2.41. The topological polar surface area (TPSA) is 57.6 Å². The molecule has 0 aromatic carbocycles. The summed E-state index contributed by atoms with van der Waals surface area (Å²) >= 11 is 0. The molecule has 4 heteroatoms. The smallest absolute Gasteiger partial charge is 0.308 e. The van der Waals surface area contributed by atoms with Gasteiger partial charge in [0.2, 0.25) is 5.91 Å². The highest BCUT2D eigenvalue weighted by molar-refractivity contribution is 5.78. The Morgan fingerprint density at radius 2 is 2.36 bits per heavy atom. The predicted octanol–water partition coefficient (Wildman–Crippen LogP) is 0.966. The van der Waals surface area contributed by atoms with Crippen LogP contribution in [0, 0.1) is 11.8 Å². The van der Waals surface area contributed by atoms with E-state index in [2.05, 4.69) is 6.92 Å². The number of nitrogens with zero attached hydrogens (tertiary/aromatic N) is 1. The van der Waals surface area contributed by atoms with Crippen molar-refractivity contribution < 1.29 is 14.7 Å². The van der Waals surface area contributed by atoms with Crippen LogP contribution in [-0.2, 0) is 9.59 Å². The summed E-state index contributed by atoms with van der Waals surface area (Å²) in [6.45, 7) is 4.74. The molecule has 1 heterocycles. The molecule has 0 aromatic rings. The number of carboxylic acid groups (broad SMARTS) is 1. The molecule has 4 nitrogen and oxygen atoms in total. The fourth-order valence-electron chi connectivity index (χ4n) is 1.63. The van der Waals surface area contributed by atoms with Crippen LogP contribution in [0.15, 0.2) is 0 Å². The molecular weight excluding hydrogens is 182 g/mol. The monoisotopic (exact) mass is 199 g/mol. The molecule has 80 valence electrons. The highest BCUT2D eigenvalue weighted by Crippen LogP contribution is 2.18. The van der Waals surface area contributed by atoms with E-state index in [9.17, 15) is 9.59 Å². The average molecular weight is 199 g/mol. The first-order valence-corrected chi connectivity index (χ1v) is 5.01. The van der Waals surface area contributed by atoms with E-state index in [-0.39, 0.29) is 5.91 Å². The second-order valence-corrected chi connectivity index (χ2v) is 4.18. The zero-order valence-corrected chi connectivity index (χ0v) is 8.69. The highest BCUT2D eigenvalue weighted by Gasteiger charge is 2.25. The molecule has 0 spiro atoms. The van der Waals surface area contributed by atoms with E-state index in [0.29, 0.717) is 25.4 Å². The van der Waals surface area contributed by atoms with Crippen molar-refractivity contribution in [1.29, 1.82) is 0 Å². The minimum Gasteiger partial charge on any atom is -0.481 e. The number of hydrogen-bond donors (Lipinski definition) is 1. The van der Waals surface area contributed by atoms with Gasteiger partial charge in [0.15, 0.2) is 0 Å². The number of piperidine rings is 1. The third kappa shape index (κ3) is 2.72. The summed E-state index contributed by atoms with van der Waals surface area (Å²) in [4.78, 5) is 23.8. The number of carboxylic acids is 1. The minimum atomic E-state index is -0.837. The fourth-order valence-corrected chi connectivity index (χ4v) is 1.63. The number of aliphatic carboxylic acids is 1. The molecule has 0 saturated carbocycles. The number of carbonyl (C=O) groups is 2. The predicted molar refractivity (Wildman–Crippen MR) is 51.8 cm³/mol. The fraction of sp³-hybridized carbons (Fsp3) is 0.800. The van der Waals surface area contributed by atoms with E-state index in [1.54, 1.807) is 11.8 Å². The van der Waals surface area contributed by atoms with Gasteiger partial charge in [-0.2, -0.15) is 0 Å². The van der Waals surface area contributed by atoms with Crippen molar-refractivity contribution in [3.8, 4) is 0 Å². The van der Waals surface area contributed by atoms with Gasteiger partial charge in [-0.05, 0) is 12.3 Å². The largest absolute Gasteiger partial charge is 0.481 e. The van der Waals surface area contributed by atoms with Crippen molar-refractivity contribution in [2.45, 2.75) is 26.7 Å². The molecule has 0 aromatic heterocycles. The van der Waals surface area contributed by atoms with Crippen LogP contribution in [-0.4, -0.2) is 35.0 Å². The summed E-state index contributed by atoms with van der Waals surface area (Å²) < 4.78 is 0. The second kappa shape index (κ2) is 4.44. The lowest BCUT2D eigenvalue weighted by atomic mass is 9.97. The molecule has 1 saturated heterocycles. The van der Waals surface area contributed by atoms with E-state index in [0.717, 1.165) is 6.42 Å². The van der Waals surface area contributed by atoms with Gasteiger partial charge in [-0.15, -0.1) is 0 Å². The standard InChI is InChI=1S/C10H17NO3/c1-7-3-4-11(9(12)5-7)6-8(2)10(13)14/h7-8H,3-6H2,1-2H3,(H,13,14). The summed E-state index contributed by atoms with van der Waals surface area (Å²) in [5.41, 5.74) is 0. The van der Waals surface area contributed by atoms with Gasteiger partial charge in [-0.25, -0.2) is 0 Å². The lowest BCUT2D eigenvalue weighted by molar-refractivity contribution is -0.144. The first-order chi connectivity index (χ1) is 6.50. The van der Waals surface area contributed by atoms with Gasteiger partial charge in [-0.1, -0.05) is 13.8 Å². The van der Waals surface area contributed by atoms with Crippen molar-refractivity contribution in [2.24, 2.45) is 11.8 Å². The van der Waals surface area contributed by atoms with Crippen LogP contribution >= 0.6 is 0 Å². The molecule has 0 aliphatic carbocycles. The van der Waals surface area contributed by atoms with Crippen molar-refractivity contribution >= 4 is 11.9 Å².